The third-order valence-electron chi connectivity index (χ3n) is 2.08. The monoisotopic (exact) mass is 304 g/mol. The maximum atomic E-state index is 3.54. The molecular formula is C11H14Br2. The van der Waals surface area contributed by atoms with E-state index in [9.17, 15) is 0 Å². The highest BCUT2D eigenvalue weighted by molar-refractivity contribution is 9.13. The van der Waals surface area contributed by atoms with Gasteiger partial charge in [-0.05, 0) is 61.4 Å². The van der Waals surface area contributed by atoms with Crippen LogP contribution >= 0.6 is 31.9 Å². The molecule has 1 aromatic carbocycles. The molecule has 0 saturated heterocycles. The lowest BCUT2D eigenvalue weighted by atomic mass is 9.86. The van der Waals surface area contributed by atoms with E-state index in [1.807, 2.05) is 0 Å². The summed E-state index contributed by atoms with van der Waals surface area (Å²) in [5.74, 6) is 0. The topological polar surface area (TPSA) is 0 Å². The van der Waals surface area contributed by atoms with Crippen LogP contribution in [0.2, 0.25) is 0 Å². The molecule has 0 nitrogen and oxygen atoms in total. The molecule has 0 amide bonds. The van der Waals surface area contributed by atoms with Crippen LogP contribution in [0, 0.1) is 6.92 Å². The van der Waals surface area contributed by atoms with Gasteiger partial charge in [0.05, 0.1) is 0 Å². The maximum Gasteiger partial charge on any atom is 0.0346 e. The van der Waals surface area contributed by atoms with Crippen LogP contribution in [0.4, 0.5) is 0 Å². The van der Waals surface area contributed by atoms with Gasteiger partial charge in [0.1, 0.15) is 0 Å². The quantitative estimate of drug-likeness (QED) is 0.645. The Morgan fingerprint density at radius 2 is 1.62 bits per heavy atom. The fraction of sp³-hybridized carbons (Fsp3) is 0.455. The van der Waals surface area contributed by atoms with Crippen LogP contribution < -0.4 is 0 Å². The Balaban J connectivity index is 3.29. The van der Waals surface area contributed by atoms with Gasteiger partial charge in [0.15, 0.2) is 0 Å². The van der Waals surface area contributed by atoms with Crippen LogP contribution in [0.15, 0.2) is 21.1 Å². The van der Waals surface area contributed by atoms with Crippen molar-refractivity contribution >= 4 is 31.9 Å². The van der Waals surface area contributed by atoms with E-state index in [-0.39, 0.29) is 5.41 Å². The van der Waals surface area contributed by atoms with E-state index in [4.69, 9.17) is 0 Å². The first-order chi connectivity index (χ1) is 5.82. The SMILES string of the molecule is Cc1cc(C(C)(C)C)cc(Br)c1Br. The zero-order valence-electron chi connectivity index (χ0n) is 8.41. The van der Waals surface area contributed by atoms with Crippen LogP contribution in [-0.2, 0) is 5.41 Å². The molecule has 1 aromatic rings. The molecule has 0 spiro atoms. The zero-order valence-corrected chi connectivity index (χ0v) is 11.6. The van der Waals surface area contributed by atoms with Gasteiger partial charge in [-0.2, -0.15) is 0 Å². The molecule has 0 aliphatic rings. The van der Waals surface area contributed by atoms with Crippen molar-refractivity contribution in [1.82, 2.24) is 0 Å². The third kappa shape index (κ3) is 2.57. The molecular weight excluding hydrogens is 292 g/mol. The molecule has 0 radical (unpaired) electrons. The molecule has 13 heavy (non-hydrogen) atoms. The standard InChI is InChI=1S/C11H14Br2/c1-7-5-8(11(2,3)4)6-9(12)10(7)13/h5-6H,1-4H3. The van der Waals surface area contributed by atoms with Gasteiger partial charge in [-0.3, -0.25) is 0 Å². The summed E-state index contributed by atoms with van der Waals surface area (Å²) in [5.41, 5.74) is 2.85. The van der Waals surface area contributed by atoms with E-state index < -0.39 is 0 Å². The van der Waals surface area contributed by atoms with Crippen molar-refractivity contribution in [1.29, 1.82) is 0 Å². The molecule has 0 aliphatic carbocycles. The van der Waals surface area contributed by atoms with Crippen LogP contribution in [0.5, 0.6) is 0 Å². The predicted octanol–water partition coefficient (Wildman–Crippen LogP) is 4.82. The number of rotatable bonds is 0. The Labute approximate surface area is 97.0 Å². The lowest BCUT2D eigenvalue weighted by Gasteiger charge is -2.20. The van der Waals surface area contributed by atoms with Crippen molar-refractivity contribution < 1.29 is 0 Å². The third-order valence-corrected chi connectivity index (χ3v) is 4.29. The summed E-state index contributed by atoms with van der Waals surface area (Å²) >= 11 is 7.08. The lowest BCUT2D eigenvalue weighted by molar-refractivity contribution is 0.589. The molecule has 72 valence electrons. The van der Waals surface area contributed by atoms with Gasteiger partial charge in [-0.15, -0.1) is 0 Å². The molecule has 0 N–H and O–H groups in total. The first-order valence-electron chi connectivity index (χ1n) is 4.28. The summed E-state index contributed by atoms with van der Waals surface area (Å²) in [6, 6.07) is 4.41. The minimum atomic E-state index is 0.216. The highest BCUT2D eigenvalue weighted by atomic mass is 79.9. The molecule has 2 heteroatoms. The van der Waals surface area contributed by atoms with Crippen molar-refractivity contribution in [2.45, 2.75) is 33.1 Å². The molecule has 0 aromatic heterocycles. The van der Waals surface area contributed by atoms with Crippen LogP contribution in [-0.4, -0.2) is 0 Å². The summed E-state index contributed by atoms with van der Waals surface area (Å²) < 4.78 is 2.29. The Morgan fingerprint density at radius 3 is 2.00 bits per heavy atom. The first-order valence-corrected chi connectivity index (χ1v) is 5.87. The van der Waals surface area contributed by atoms with Crippen LogP contribution in [0.25, 0.3) is 0 Å². The fourth-order valence-corrected chi connectivity index (χ4v) is 1.95. The van der Waals surface area contributed by atoms with E-state index in [1.165, 1.54) is 11.1 Å². The Hall–Kier alpha value is 0.180. The number of hydrogen-bond acceptors (Lipinski definition) is 0. The summed E-state index contributed by atoms with van der Waals surface area (Å²) in [5, 5.41) is 0. The van der Waals surface area contributed by atoms with Gasteiger partial charge in [0.2, 0.25) is 0 Å². The van der Waals surface area contributed by atoms with Crippen molar-refractivity contribution in [3.05, 3.63) is 32.2 Å². The van der Waals surface area contributed by atoms with Gasteiger partial charge < -0.3 is 0 Å². The molecule has 0 unspecified atom stereocenters. The van der Waals surface area contributed by atoms with Gasteiger partial charge in [-0.1, -0.05) is 26.8 Å². The van der Waals surface area contributed by atoms with E-state index in [1.54, 1.807) is 0 Å². The Kier molecular flexibility index (Phi) is 3.24. The maximum absolute atomic E-state index is 3.54. The summed E-state index contributed by atoms with van der Waals surface area (Å²) in [7, 11) is 0. The van der Waals surface area contributed by atoms with E-state index in [2.05, 4.69) is 71.7 Å². The molecule has 0 bridgehead atoms. The predicted molar refractivity (Wildman–Crippen MR) is 65.3 cm³/mol. The highest BCUT2D eigenvalue weighted by Crippen LogP contribution is 2.32. The number of hydrogen-bond donors (Lipinski definition) is 0. The number of benzene rings is 1. The Bertz CT molecular complexity index is 298. The van der Waals surface area contributed by atoms with Gasteiger partial charge in [0, 0.05) is 8.95 Å². The number of halogens is 2. The van der Waals surface area contributed by atoms with Crippen LogP contribution in [0.1, 0.15) is 31.9 Å². The number of aryl methyl sites for hydroxylation is 1. The largest absolute Gasteiger partial charge is 0.0561 e. The second kappa shape index (κ2) is 3.74. The Morgan fingerprint density at radius 1 is 1.08 bits per heavy atom. The summed E-state index contributed by atoms with van der Waals surface area (Å²) in [6.45, 7) is 8.79. The second-order valence-corrected chi connectivity index (χ2v) is 5.99. The summed E-state index contributed by atoms with van der Waals surface area (Å²) in [4.78, 5) is 0. The zero-order chi connectivity index (χ0) is 10.2. The molecule has 1 rings (SSSR count). The summed E-state index contributed by atoms with van der Waals surface area (Å²) in [6.07, 6.45) is 0. The molecule has 0 heterocycles. The smallest absolute Gasteiger partial charge is 0.0346 e. The fourth-order valence-electron chi connectivity index (χ4n) is 1.16. The van der Waals surface area contributed by atoms with Crippen LogP contribution in [0.3, 0.4) is 0 Å². The van der Waals surface area contributed by atoms with Crippen molar-refractivity contribution in [2.75, 3.05) is 0 Å². The molecule has 0 aliphatic heterocycles. The minimum Gasteiger partial charge on any atom is -0.0561 e. The normalized spacial score (nSPS) is 11.8. The molecule has 0 saturated carbocycles. The van der Waals surface area contributed by atoms with Gasteiger partial charge >= 0.3 is 0 Å². The highest BCUT2D eigenvalue weighted by Gasteiger charge is 2.15. The minimum absolute atomic E-state index is 0.216. The van der Waals surface area contributed by atoms with Crippen molar-refractivity contribution in [3.8, 4) is 0 Å². The van der Waals surface area contributed by atoms with E-state index in [0.29, 0.717) is 0 Å². The molecule has 0 atom stereocenters. The second-order valence-electron chi connectivity index (χ2n) is 4.34. The average Bonchev–Trinajstić information content (AvgIpc) is 1.97. The lowest BCUT2D eigenvalue weighted by Crippen LogP contribution is -2.11. The van der Waals surface area contributed by atoms with Gasteiger partial charge in [0.25, 0.3) is 0 Å². The van der Waals surface area contributed by atoms with Gasteiger partial charge in [-0.25, -0.2) is 0 Å². The van der Waals surface area contributed by atoms with E-state index in [0.717, 1.165) is 8.95 Å². The van der Waals surface area contributed by atoms with Crippen molar-refractivity contribution in [2.24, 2.45) is 0 Å². The average molecular weight is 306 g/mol. The van der Waals surface area contributed by atoms with E-state index >= 15 is 0 Å². The van der Waals surface area contributed by atoms with Crippen molar-refractivity contribution in [3.63, 3.8) is 0 Å². The molecule has 0 fully saturated rings. The first kappa shape index (κ1) is 11.3.